The fourth-order valence-electron chi connectivity index (χ4n) is 1.56. The Hall–Kier alpha value is -2.28. The molecular formula is C11H8ClFN4O2. The first-order valence-corrected chi connectivity index (χ1v) is 5.53. The van der Waals surface area contributed by atoms with Crippen LogP contribution in [0.25, 0.3) is 0 Å². The maximum atomic E-state index is 13.7. The van der Waals surface area contributed by atoms with Crippen molar-refractivity contribution in [3.8, 4) is 0 Å². The minimum absolute atomic E-state index is 0.0740. The smallest absolute Gasteiger partial charge is 0.321 e. The third-order valence-corrected chi connectivity index (χ3v) is 2.63. The van der Waals surface area contributed by atoms with Crippen LogP contribution in [0.3, 0.4) is 0 Å². The van der Waals surface area contributed by atoms with E-state index in [0.29, 0.717) is 0 Å². The monoisotopic (exact) mass is 282 g/mol. The van der Waals surface area contributed by atoms with E-state index in [2.05, 4.69) is 9.97 Å². The highest BCUT2D eigenvalue weighted by Crippen LogP contribution is 2.31. The third-order valence-electron chi connectivity index (χ3n) is 2.45. The quantitative estimate of drug-likeness (QED) is 0.492. The lowest BCUT2D eigenvalue weighted by Gasteiger charge is -2.18. The number of hydrogen-bond acceptors (Lipinski definition) is 5. The van der Waals surface area contributed by atoms with E-state index in [9.17, 15) is 14.5 Å². The Bertz CT molecular complexity index is 638. The molecule has 2 rings (SSSR count). The van der Waals surface area contributed by atoms with Gasteiger partial charge in [0.1, 0.15) is 12.0 Å². The van der Waals surface area contributed by atoms with Crippen LogP contribution in [0.4, 0.5) is 21.6 Å². The van der Waals surface area contributed by atoms with E-state index in [4.69, 9.17) is 11.6 Å². The summed E-state index contributed by atoms with van der Waals surface area (Å²) < 4.78 is 13.7. The minimum atomic E-state index is -0.650. The average molecular weight is 283 g/mol. The predicted molar refractivity (Wildman–Crippen MR) is 68.2 cm³/mol. The van der Waals surface area contributed by atoms with Crippen molar-refractivity contribution < 1.29 is 9.31 Å². The lowest BCUT2D eigenvalue weighted by Crippen LogP contribution is -2.15. The second kappa shape index (κ2) is 5.15. The molecule has 0 bridgehead atoms. The molecule has 1 heterocycles. The van der Waals surface area contributed by atoms with Crippen LogP contribution in [0.1, 0.15) is 0 Å². The Kier molecular flexibility index (Phi) is 3.57. The van der Waals surface area contributed by atoms with Crippen molar-refractivity contribution in [2.45, 2.75) is 0 Å². The molecule has 1 aromatic heterocycles. The molecule has 8 heteroatoms. The van der Waals surface area contributed by atoms with Crippen molar-refractivity contribution in [2.75, 3.05) is 11.9 Å². The third kappa shape index (κ3) is 2.60. The second-order valence-electron chi connectivity index (χ2n) is 3.62. The topological polar surface area (TPSA) is 72.2 Å². The van der Waals surface area contributed by atoms with Crippen LogP contribution >= 0.6 is 11.6 Å². The van der Waals surface area contributed by atoms with E-state index >= 15 is 0 Å². The molecule has 0 saturated heterocycles. The van der Waals surface area contributed by atoms with Gasteiger partial charge in [-0.1, -0.05) is 12.1 Å². The highest BCUT2D eigenvalue weighted by atomic mass is 35.5. The Balaban J connectivity index is 2.55. The van der Waals surface area contributed by atoms with Crippen molar-refractivity contribution >= 4 is 28.8 Å². The summed E-state index contributed by atoms with van der Waals surface area (Å²) in [6.07, 6.45) is 0.988. The van der Waals surface area contributed by atoms with Crippen molar-refractivity contribution in [3.63, 3.8) is 0 Å². The number of hydrogen-bond donors (Lipinski definition) is 0. The summed E-state index contributed by atoms with van der Waals surface area (Å²) >= 11 is 5.63. The Labute approximate surface area is 112 Å². The van der Waals surface area contributed by atoms with Gasteiger partial charge in [-0.25, -0.2) is 9.37 Å². The van der Waals surface area contributed by atoms with E-state index in [1.807, 2.05) is 0 Å². The number of halogens is 2. The highest BCUT2D eigenvalue weighted by molar-refractivity contribution is 6.28. The lowest BCUT2D eigenvalue weighted by molar-refractivity contribution is -0.384. The number of nitrogens with zero attached hydrogens (tertiary/aromatic N) is 4. The zero-order valence-corrected chi connectivity index (χ0v) is 10.5. The number of para-hydroxylation sites is 1. The number of nitro groups is 1. The molecule has 0 radical (unpaired) electrons. The number of benzene rings is 1. The van der Waals surface area contributed by atoms with E-state index < -0.39 is 10.7 Å². The van der Waals surface area contributed by atoms with Gasteiger partial charge in [-0.2, -0.15) is 4.98 Å². The molecular weight excluding hydrogens is 275 g/mol. The SMILES string of the molecule is CN(c1ccccc1F)c1nc(Cl)ncc1[N+](=O)[O-]. The van der Waals surface area contributed by atoms with Gasteiger partial charge >= 0.3 is 5.69 Å². The van der Waals surface area contributed by atoms with E-state index in [1.54, 1.807) is 6.07 Å². The molecule has 1 aromatic carbocycles. The number of aromatic nitrogens is 2. The zero-order chi connectivity index (χ0) is 14.0. The molecule has 0 spiro atoms. The summed E-state index contributed by atoms with van der Waals surface area (Å²) in [5.41, 5.74) is -0.199. The van der Waals surface area contributed by atoms with Crippen LogP contribution in [0, 0.1) is 15.9 Å². The van der Waals surface area contributed by atoms with Crippen LogP contribution in [-0.4, -0.2) is 21.9 Å². The fourth-order valence-corrected chi connectivity index (χ4v) is 1.69. The van der Waals surface area contributed by atoms with Gasteiger partial charge in [0.15, 0.2) is 0 Å². The van der Waals surface area contributed by atoms with Crippen molar-refractivity contribution in [3.05, 3.63) is 51.7 Å². The first kappa shape index (κ1) is 13.2. The molecule has 0 unspecified atom stereocenters. The molecule has 2 aromatic rings. The molecule has 0 aliphatic rings. The van der Waals surface area contributed by atoms with Crippen molar-refractivity contribution in [1.29, 1.82) is 0 Å². The summed E-state index contributed by atoms with van der Waals surface area (Å²) in [5.74, 6) is -0.593. The van der Waals surface area contributed by atoms with Crippen LogP contribution in [0.5, 0.6) is 0 Å². The van der Waals surface area contributed by atoms with Crippen molar-refractivity contribution in [2.24, 2.45) is 0 Å². The second-order valence-corrected chi connectivity index (χ2v) is 3.95. The molecule has 0 atom stereocenters. The molecule has 0 N–H and O–H groups in total. The maximum absolute atomic E-state index is 13.7. The Morgan fingerprint density at radius 3 is 2.74 bits per heavy atom. The maximum Gasteiger partial charge on any atom is 0.330 e. The van der Waals surface area contributed by atoms with Gasteiger partial charge in [-0.05, 0) is 23.7 Å². The van der Waals surface area contributed by atoms with Gasteiger partial charge in [0.05, 0.1) is 10.6 Å². The Morgan fingerprint density at radius 2 is 2.11 bits per heavy atom. The fraction of sp³-hybridized carbons (Fsp3) is 0.0909. The number of anilines is 2. The largest absolute Gasteiger partial charge is 0.330 e. The minimum Gasteiger partial charge on any atom is -0.321 e. The molecule has 0 aliphatic carbocycles. The Morgan fingerprint density at radius 1 is 1.42 bits per heavy atom. The normalized spacial score (nSPS) is 10.3. The highest BCUT2D eigenvalue weighted by Gasteiger charge is 2.22. The molecule has 19 heavy (non-hydrogen) atoms. The summed E-state index contributed by atoms with van der Waals surface area (Å²) in [7, 11) is 1.46. The summed E-state index contributed by atoms with van der Waals surface area (Å²) in [4.78, 5) is 18.9. The molecule has 0 fully saturated rings. The van der Waals surface area contributed by atoms with Gasteiger partial charge in [0.2, 0.25) is 11.1 Å². The van der Waals surface area contributed by atoms with Crippen LogP contribution in [0.2, 0.25) is 5.28 Å². The summed E-state index contributed by atoms with van der Waals surface area (Å²) in [6.45, 7) is 0. The molecule has 6 nitrogen and oxygen atoms in total. The van der Waals surface area contributed by atoms with Gasteiger partial charge in [-0.15, -0.1) is 0 Å². The van der Waals surface area contributed by atoms with Crippen LogP contribution in [-0.2, 0) is 0 Å². The molecule has 0 aliphatic heterocycles. The first-order chi connectivity index (χ1) is 9.00. The zero-order valence-electron chi connectivity index (χ0n) is 9.75. The summed E-state index contributed by atoms with van der Waals surface area (Å²) in [5, 5.41) is 10.8. The van der Waals surface area contributed by atoms with Crippen LogP contribution < -0.4 is 4.90 Å². The first-order valence-electron chi connectivity index (χ1n) is 5.16. The average Bonchev–Trinajstić information content (AvgIpc) is 2.38. The van der Waals surface area contributed by atoms with Gasteiger partial charge < -0.3 is 4.90 Å². The standard InChI is InChI=1S/C11H8ClFN4O2/c1-16(8-5-3-2-4-7(8)13)10-9(17(18)19)6-14-11(12)15-10/h2-6H,1H3. The molecule has 0 amide bonds. The number of rotatable bonds is 3. The predicted octanol–water partition coefficient (Wildman–Crippen LogP) is 2.95. The van der Waals surface area contributed by atoms with Crippen LogP contribution in [0.15, 0.2) is 30.5 Å². The van der Waals surface area contributed by atoms with E-state index in [1.165, 1.54) is 30.1 Å². The molecule has 0 saturated carbocycles. The van der Waals surface area contributed by atoms with Gasteiger partial charge in [-0.3, -0.25) is 10.1 Å². The van der Waals surface area contributed by atoms with E-state index in [-0.39, 0.29) is 22.5 Å². The van der Waals surface area contributed by atoms with Gasteiger partial charge in [0.25, 0.3) is 0 Å². The molecule has 98 valence electrons. The lowest BCUT2D eigenvalue weighted by atomic mass is 10.3. The summed E-state index contributed by atoms with van der Waals surface area (Å²) in [6, 6.07) is 5.87. The van der Waals surface area contributed by atoms with Crippen molar-refractivity contribution in [1.82, 2.24) is 9.97 Å². The van der Waals surface area contributed by atoms with E-state index in [0.717, 1.165) is 6.20 Å². The van der Waals surface area contributed by atoms with Gasteiger partial charge in [0, 0.05) is 7.05 Å².